The van der Waals surface area contributed by atoms with Crippen LogP contribution in [0.5, 0.6) is 0 Å². The maximum atomic E-state index is 12.2. The minimum Gasteiger partial charge on any atom is -0.323 e. The molecule has 0 aliphatic carbocycles. The van der Waals surface area contributed by atoms with Crippen LogP contribution in [0.1, 0.15) is 25.8 Å². The number of carbonyl (C=O) groups excluding carboxylic acids is 3. The van der Waals surface area contributed by atoms with Crippen molar-refractivity contribution >= 4 is 39.5 Å². The third kappa shape index (κ3) is 3.14. The fourth-order valence-corrected chi connectivity index (χ4v) is 2.78. The zero-order valence-electron chi connectivity index (χ0n) is 12.7. The largest absolute Gasteiger partial charge is 0.325 e. The Balaban J connectivity index is 2.06. The van der Waals surface area contributed by atoms with Gasteiger partial charge >= 0.3 is 6.03 Å². The van der Waals surface area contributed by atoms with Crippen molar-refractivity contribution < 1.29 is 14.4 Å². The topological polar surface area (TPSA) is 78.5 Å². The van der Waals surface area contributed by atoms with Gasteiger partial charge in [0.25, 0.3) is 5.91 Å². The van der Waals surface area contributed by atoms with E-state index in [0.717, 1.165) is 14.9 Å². The molecule has 1 saturated heterocycles. The van der Waals surface area contributed by atoms with E-state index in [2.05, 4.69) is 26.6 Å². The molecule has 0 bridgehead atoms. The predicted molar refractivity (Wildman–Crippen MR) is 86.4 cm³/mol. The third-order valence-electron chi connectivity index (χ3n) is 3.75. The Hall–Kier alpha value is -1.89. The van der Waals surface area contributed by atoms with E-state index in [9.17, 15) is 14.4 Å². The van der Waals surface area contributed by atoms with Crippen LogP contribution in [-0.2, 0) is 9.59 Å². The number of nitrogens with zero attached hydrogens (tertiary/aromatic N) is 1. The summed E-state index contributed by atoms with van der Waals surface area (Å²) in [5.74, 6) is -0.800. The van der Waals surface area contributed by atoms with Crippen molar-refractivity contribution in [1.29, 1.82) is 0 Å². The number of benzene rings is 1. The smallest absolute Gasteiger partial charge is 0.323 e. The van der Waals surface area contributed by atoms with Crippen LogP contribution < -0.4 is 10.6 Å². The van der Waals surface area contributed by atoms with Crippen molar-refractivity contribution in [1.82, 2.24) is 10.2 Å². The molecule has 4 amide bonds. The highest BCUT2D eigenvalue weighted by molar-refractivity contribution is 9.10. The van der Waals surface area contributed by atoms with E-state index in [1.54, 1.807) is 13.0 Å². The molecular weight excluding hydrogens is 350 g/mol. The molecule has 1 aromatic carbocycles. The van der Waals surface area contributed by atoms with E-state index < -0.39 is 17.5 Å². The van der Waals surface area contributed by atoms with Gasteiger partial charge in [-0.1, -0.05) is 13.0 Å². The molecule has 0 spiro atoms. The average Bonchev–Trinajstić information content (AvgIpc) is 2.66. The molecule has 0 saturated carbocycles. The third-order valence-corrected chi connectivity index (χ3v) is 4.41. The van der Waals surface area contributed by atoms with Crippen molar-refractivity contribution in [2.75, 3.05) is 11.9 Å². The number of imide groups is 1. The summed E-state index contributed by atoms with van der Waals surface area (Å²) >= 11 is 3.37. The van der Waals surface area contributed by atoms with Crippen molar-refractivity contribution in [3.05, 3.63) is 28.2 Å². The quantitative estimate of drug-likeness (QED) is 0.802. The first-order valence-corrected chi connectivity index (χ1v) is 7.76. The van der Waals surface area contributed by atoms with Crippen molar-refractivity contribution in [2.24, 2.45) is 0 Å². The molecule has 118 valence electrons. The molecule has 6 nitrogen and oxygen atoms in total. The number of carbonyl (C=O) groups is 3. The van der Waals surface area contributed by atoms with Crippen LogP contribution in [0, 0.1) is 6.92 Å². The second-order valence-electron chi connectivity index (χ2n) is 5.54. The van der Waals surface area contributed by atoms with E-state index >= 15 is 0 Å². The van der Waals surface area contributed by atoms with Crippen LogP contribution in [0.4, 0.5) is 10.5 Å². The zero-order chi connectivity index (χ0) is 16.5. The Labute approximate surface area is 137 Å². The molecule has 1 atom stereocenters. The number of amides is 4. The van der Waals surface area contributed by atoms with E-state index in [0.29, 0.717) is 12.1 Å². The van der Waals surface area contributed by atoms with Crippen molar-refractivity contribution in [3.8, 4) is 0 Å². The lowest BCUT2D eigenvalue weighted by atomic mass is 9.99. The first kappa shape index (κ1) is 16.5. The summed E-state index contributed by atoms with van der Waals surface area (Å²) in [7, 11) is 0. The van der Waals surface area contributed by atoms with Gasteiger partial charge in [-0.15, -0.1) is 0 Å². The lowest BCUT2D eigenvalue weighted by molar-refractivity contribution is -0.133. The SMILES string of the molecule is CCC1(C)NC(=O)N(CC(=O)Nc2ccc(C)cc2Br)C1=O. The van der Waals surface area contributed by atoms with Gasteiger partial charge in [-0.3, -0.25) is 14.5 Å². The van der Waals surface area contributed by atoms with Crippen molar-refractivity contribution in [2.45, 2.75) is 32.7 Å². The lowest BCUT2D eigenvalue weighted by Gasteiger charge is -2.19. The van der Waals surface area contributed by atoms with Gasteiger partial charge in [0.2, 0.25) is 5.91 Å². The molecule has 1 aliphatic heterocycles. The molecule has 2 rings (SSSR count). The highest BCUT2D eigenvalue weighted by Crippen LogP contribution is 2.24. The van der Waals surface area contributed by atoms with Crippen LogP contribution in [0.25, 0.3) is 0 Å². The number of nitrogens with one attached hydrogen (secondary N) is 2. The maximum absolute atomic E-state index is 12.2. The first-order valence-electron chi connectivity index (χ1n) is 6.97. The second-order valence-corrected chi connectivity index (χ2v) is 6.39. The maximum Gasteiger partial charge on any atom is 0.325 e. The number of anilines is 1. The van der Waals surface area contributed by atoms with Crippen LogP contribution >= 0.6 is 15.9 Å². The number of halogens is 1. The summed E-state index contributed by atoms with van der Waals surface area (Å²) in [6.07, 6.45) is 0.471. The summed E-state index contributed by atoms with van der Waals surface area (Å²) in [4.78, 5) is 37.1. The Morgan fingerprint density at radius 3 is 2.64 bits per heavy atom. The summed E-state index contributed by atoms with van der Waals surface area (Å²) in [5.41, 5.74) is 0.723. The summed E-state index contributed by atoms with van der Waals surface area (Å²) < 4.78 is 0.747. The highest BCUT2D eigenvalue weighted by atomic mass is 79.9. The molecule has 1 unspecified atom stereocenters. The molecule has 0 aromatic heterocycles. The fourth-order valence-electron chi connectivity index (χ4n) is 2.19. The molecule has 2 N–H and O–H groups in total. The molecule has 1 aromatic rings. The normalized spacial score (nSPS) is 21.0. The molecule has 1 fully saturated rings. The fraction of sp³-hybridized carbons (Fsp3) is 0.400. The van der Waals surface area contributed by atoms with Crippen LogP contribution in [0.3, 0.4) is 0 Å². The summed E-state index contributed by atoms with van der Waals surface area (Å²) in [6, 6.07) is 4.96. The molecule has 1 heterocycles. The highest BCUT2D eigenvalue weighted by Gasteiger charge is 2.46. The average molecular weight is 368 g/mol. The van der Waals surface area contributed by atoms with E-state index in [4.69, 9.17) is 0 Å². The Morgan fingerprint density at radius 2 is 2.09 bits per heavy atom. The van der Waals surface area contributed by atoms with E-state index in [1.807, 2.05) is 26.0 Å². The molecule has 1 aliphatic rings. The number of hydrogen-bond acceptors (Lipinski definition) is 3. The number of hydrogen-bond donors (Lipinski definition) is 2. The predicted octanol–water partition coefficient (Wildman–Crippen LogP) is 2.42. The van der Waals surface area contributed by atoms with Gasteiger partial charge in [0.1, 0.15) is 12.1 Å². The number of aryl methyl sites for hydroxylation is 1. The first-order chi connectivity index (χ1) is 10.3. The molecular formula is C15H18BrN3O3. The monoisotopic (exact) mass is 367 g/mol. The standard InChI is InChI=1S/C15H18BrN3O3/c1-4-15(3)13(21)19(14(22)18-15)8-12(20)17-11-6-5-9(2)7-10(11)16/h5-7H,4,8H2,1-3H3,(H,17,20)(H,18,22). The van der Waals surface area contributed by atoms with Gasteiger partial charge in [-0.05, 0) is 53.9 Å². The van der Waals surface area contributed by atoms with E-state index in [1.165, 1.54) is 0 Å². The molecule has 7 heteroatoms. The minimum absolute atomic E-state index is 0.305. The Bertz CT molecular complexity index is 647. The van der Waals surface area contributed by atoms with Crippen LogP contribution in [0.15, 0.2) is 22.7 Å². The van der Waals surface area contributed by atoms with Crippen LogP contribution in [0.2, 0.25) is 0 Å². The molecule has 0 radical (unpaired) electrons. The van der Waals surface area contributed by atoms with Crippen molar-refractivity contribution in [3.63, 3.8) is 0 Å². The summed E-state index contributed by atoms with van der Waals surface area (Å²) in [5, 5.41) is 5.31. The number of urea groups is 1. The zero-order valence-corrected chi connectivity index (χ0v) is 14.3. The Kier molecular flexibility index (Phi) is 4.55. The number of rotatable bonds is 4. The molecule has 22 heavy (non-hydrogen) atoms. The minimum atomic E-state index is -0.929. The lowest BCUT2D eigenvalue weighted by Crippen LogP contribution is -2.44. The van der Waals surface area contributed by atoms with Gasteiger partial charge in [-0.25, -0.2) is 4.79 Å². The Morgan fingerprint density at radius 1 is 1.41 bits per heavy atom. The van der Waals surface area contributed by atoms with Gasteiger partial charge in [0.05, 0.1) is 5.69 Å². The van der Waals surface area contributed by atoms with Gasteiger partial charge in [-0.2, -0.15) is 0 Å². The second kappa shape index (κ2) is 6.08. The van der Waals surface area contributed by atoms with E-state index in [-0.39, 0.29) is 12.5 Å². The summed E-state index contributed by atoms with van der Waals surface area (Å²) in [6.45, 7) is 5.10. The van der Waals surface area contributed by atoms with Gasteiger partial charge < -0.3 is 10.6 Å². The van der Waals surface area contributed by atoms with Gasteiger partial charge in [0, 0.05) is 4.47 Å². The van der Waals surface area contributed by atoms with Gasteiger partial charge in [0.15, 0.2) is 0 Å². The van der Waals surface area contributed by atoms with Crippen LogP contribution in [-0.4, -0.2) is 34.8 Å².